The third-order valence-corrected chi connectivity index (χ3v) is 4.15. The minimum absolute atomic E-state index is 0.125. The van der Waals surface area contributed by atoms with Gasteiger partial charge in [0.2, 0.25) is 0 Å². The van der Waals surface area contributed by atoms with Crippen molar-refractivity contribution < 1.29 is 0 Å². The van der Waals surface area contributed by atoms with Gasteiger partial charge in [-0.1, -0.05) is 13.8 Å². The second-order valence-electron chi connectivity index (χ2n) is 5.64. The van der Waals surface area contributed by atoms with Crippen LogP contribution < -0.4 is 5.73 Å². The van der Waals surface area contributed by atoms with Gasteiger partial charge in [0.05, 0.1) is 6.20 Å². The molecule has 3 heteroatoms. The van der Waals surface area contributed by atoms with Crippen molar-refractivity contribution >= 4 is 0 Å². The summed E-state index contributed by atoms with van der Waals surface area (Å²) in [6.45, 7) is 4.64. The quantitative estimate of drug-likeness (QED) is 0.833. The maximum Gasteiger partial charge on any atom is 0.0540 e. The first-order chi connectivity index (χ1) is 7.51. The van der Waals surface area contributed by atoms with Crippen LogP contribution in [0, 0.1) is 11.8 Å². The first-order valence-electron chi connectivity index (χ1n) is 6.29. The Bertz CT molecular complexity index is 346. The smallest absolute Gasteiger partial charge is 0.0540 e. The second-order valence-corrected chi connectivity index (χ2v) is 5.64. The normalized spacial score (nSPS) is 30.9. The molecule has 0 spiro atoms. The molecule has 0 unspecified atom stereocenters. The van der Waals surface area contributed by atoms with Gasteiger partial charge >= 0.3 is 0 Å². The number of hydrogen-bond acceptors (Lipinski definition) is 2. The molecule has 0 aromatic carbocycles. The average molecular weight is 221 g/mol. The fraction of sp³-hybridized carbons (Fsp3) is 0.769. The van der Waals surface area contributed by atoms with Crippen LogP contribution in [0.4, 0.5) is 0 Å². The summed E-state index contributed by atoms with van der Waals surface area (Å²) in [5.74, 6) is 1.65. The molecule has 1 aliphatic carbocycles. The molecule has 0 amide bonds. The minimum Gasteiger partial charge on any atom is -0.321 e. The molecule has 90 valence electrons. The van der Waals surface area contributed by atoms with Crippen LogP contribution in [0.25, 0.3) is 0 Å². The minimum atomic E-state index is -0.125. The molecule has 0 saturated heterocycles. The Morgan fingerprint density at radius 1 is 1.44 bits per heavy atom. The van der Waals surface area contributed by atoms with E-state index < -0.39 is 0 Å². The maximum atomic E-state index is 6.50. The average Bonchev–Trinajstić information content (AvgIpc) is 2.66. The van der Waals surface area contributed by atoms with E-state index in [9.17, 15) is 0 Å². The molecule has 1 saturated carbocycles. The molecule has 0 aliphatic heterocycles. The Hall–Kier alpha value is -0.830. The monoisotopic (exact) mass is 221 g/mol. The van der Waals surface area contributed by atoms with Crippen LogP contribution in [-0.4, -0.2) is 9.78 Å². The molecule has 1 aromatic rings. The summed E-state index contributed by atoms with van der Waals surface area (Å²) < 4.78 is 1.85. The highest BCUT2D eigenvalue weighted by atomic mass is 15.2. The molecule has 2 N–H and O–H groups in total. The number of aryl methyl sites for hydroxylation is 1. The summed E-state index contributed by atoms with van der Waals surface area (Å²) in [7, 11) is 1.95. The second kappa shape index (κ2) is 4.21. The van der Waals surface area contributed by atoms with Gasteiger partial charge < -0.3 is 5.73 Å². The lowest BCUT2D eigenvalue weighted by Gasteiger charge is -2.38. The van der Waals surface area contributed by atoms with Crippen molar-refractivity contribution in [2.45, 2.75) is 45.1 Å². The number of rotatable bonds is 2. The van der Waals surface area contributed by atoms with Crippen LogP contribution in [0.2, 0.25) is 0 Å². The van der Waals surface area contributed by atoms with E-state index in [4.69, 9.17) is 5.73 Å². The molecule has 0 atom stereocenters. The highest BCUT2D eigenvalue weighted by Gasteiger charge is 2.34. The summed E-state index contributed by atoms with van der Waals surface area (Å²) >= 11 is 0. The Balaban J connectivity index is 2.06. The molecule has 1 aliphatic rings. The van der Waals surface area contributed by atoms with Gasteiger partial charge in [-0.15, -0.1) is 0 Å². The van der Waals surface area contributed by atoms with E-state index >= 15 is 0 Å². The largest absolute Gasteiger partial charge is 0.321 e. The van der Waals surface area contributed by atoms with Gasteiger partial charge in [0.25, 0.3) is 0 Å². The lowest BCUT2D eigenvalue weighted by atomic mass is 9.71. The predicted molar refractivity (Wildman–Crippen MR) is 65.9 cm³/mol. The van der Waals surface area contributed by atoms with Crippen molar-refractivity contribution in [1.29, 1.82) is 0 Å². The summed E-state index contributed by atoms with van der Waals surface area (Å²) in [6.07, 6.45) is 8.70. The summed E-state index contributed by atoms with van der Waals surface area (Å²) in [6, 6.07) is 0. The molecule has 1 aromatic heterocycles. The van der Waals surface area contributed by atoms with E-state index in [-0.39, 0.29) is 5.54 Å². The van der Waals surface area contributed by atoms with Crippen molar-refractivity contribution in [3.63, 3.8) is 0 Å². The van der Waals surface area contributed by atoms with E-state index in [0.717, 1.165) is 24.7 Å². The molecule has 2 rings (SSSR count). The zero-order valence-corrected chi connectivity index (χ0v) is 10.6. The lowest BCUT2D eigenvalue weighted by Crippen LogP contribution is -2.40. The highest BCUT2D eigenvalue weighted by molar-refractivity contribution is 5.18. The van der Waals surface area contributed by atoms with E-state index in [0.29, 0.717) is 0 Å². The van der Waals surface area contributed by atoms with Crippen LogP contribution >= 0.6 is 0 Å². The number of hydrogen-bond donors (Lipinski definition) is 1. The first kappa shape index (κ1) is 11.6. The van der Waals surface area contributed by atoms with E-state index in [1.165, 1.54) is 18.4 Å². The van der Waals surface area contributed by atoms with E-state index in [1.807, 2.05) is 17.9 Å². The Labute approximate surface area is 98.0 Å². The van der Waals surface area contributed by atoms with Crippen molar-refractivity contribution in [1.82, 2.24) is 9.78 Å². The molecular formula is C13H23N3. The van der Waals surface area contributed by atoms with Gasteiger partial charge in [0.15, 0.2) is 0 Å². The van der Waals surface area contributed by atoms with Crippen LogP contribution in [0.5, 0.6) is 0 Å². The van der Waals surface area contributed by atoms with Gasteiger partial charge in [0, 0.05) is 24.3 Å². The SMILES string of the molecule is CC(C)C1CCC(N)(c2cnn(C)c2)CC1. The number of nitrogens with two attached hydrogens (primary N) is 1. The Kier molecular flexibility index (Phi) is 3.06. The van der Waals surface area contributed by atoms with Crippen molar-refractivity contribution in [2.24, 2.45) is 24.6 Å². The highest BCUT2D eigenvalue weighted by Crippen LogP contribution is 2.39. The molecule has 3 nitrogen and oxygen atoms in total. The zero-order chi connectivity index (χ0) is 11.8. The topological polar surface area (TPSA) is 43.8 Å². The first-order valence-corrected chi connectivity index (χ1v) is 6.29. The van der Waals surface area contributed by atoms with Crippen LogP contribution in [-0.2, 0) is 12.6 Å². The number of nitrogens with zero attached hydrogens (tertiary/aromatic N) is 2. The van der Waals surface area contributed by atoms with E-state index in [2.05, 4.69) is 25.1 Å². The Morgan fingerprint density at radius 2 is 2.06 bits per heavy atom. The van der Waals surface area contributed by atoms with Gasteiger partial charge in [-0.05, 0) is 37.5 Å². The molecule has 0 bridgehead atoms. The molecule has 1 heterocycles. The standard InChI is InChI=1S/C13H23N3/c1-10(2)11-4-6-13(14,7-5-11)12-8-15-16(3)9-12/h8-11H,4-7,14H2,1-3H3. The van der Waals surface area contributed by atoms with Crippen molar-refractivity contribution in [3.8, 4) is 0 Å². The van der Waals surface area contributed by atoms with Crippen molar-refractivity contribution in [3.05, 3.63) is 18.0 Å². The Morgan fingerprint density at radius 3 is 2.50 bits per heavy atom. The molecule has 1 fully saturated rings. The summed E-state index contributed by atoms with van der Waals surface area (Å²) in [5, 5.41) is 4.23. The fourth-order valence-corrected chi connectivity index (χ4v) is 2.79. The van der Waals surface area contributed by atoms with Gasteiger partial charge in [0.1, 0.15) is 0 Å². The third-order valence-electron chi connectivity index (χ3n) is 4.15. The third kappa shape index (κ3) is 2.14. The van der Waals surface area contributed by atoms with Crippen LogP contribution in [0.1, 0.15) is 45.1 Å². The van der Waals surface area contributed by atoms with Crippen LogP contribution in [0.15, 0.2) is 12.4 Å². The van der Waals surface area contributed by atoms with Gasteiger partial charge in [-0.2, -0.15) is 5.10 Å². The van der Waals surface area contributed by atoms with Gasteiger partial charge in [-0.3, -0.25) is 4.68 Å². The fourth-order valence-electron chi connectivity index (χ4n) is 2.79. The zero-order valence-electron chi connectivity index (χ0n) is 10.6. The van der Waals surface area contributed by atoms with Gasteiger partial charge in [-0.25, -0.2) is 0 Å². The van der Waals surface area contributed by atoms with Crippen molar-refractivity contribution in [2.75, 3.05) is 0 Å². The maximum absolute atomic E-state index is 6.50. The van der Waals surface area contributed by atoms with Crippen LogP contribution in [0.3, 0.4) is 0 Å². The number of aromatic nitrogens is 2. The van der Waals surface area contributed by atoms with E-state index in [1.54, 1.807) is 0 Å². The molecule has 16 heavy (non-hydrogen) atoms. The summed E-state index contributed by atoms with van der Waals surface area (Å²) in [5.41, 5.74) is 7.58. The summed E-state index contributed by atoms with van der Waals surface area (Å²) in [4.78, 5) is 0. The lowest BCUT2D eigenvalue weighted by molar-refractivity contribution is 0.196. The predicted octanol–water partition coefficient (Wildman–Crippen LogP) is 2.42. The molecular weight excluding hydrogens is 198 g/mol. The molecule has 0 radical (unpaired) electrons.